The molecule has 1 saturated heterocycles. The van der Waals surface area contributed by atoms with Crippen molar-refractivity contribution in [3.8, 4) is 0 Å². The Morgan fingerprint density at radius 3 is 2.43 bits per heavy atom. The van der Waals surface area contributed by atoms with E-state index in [1.165, 1.54) is 0 Å². The van der Waals surface area contributed by atoms with Crippen molar-refractivity contribution in [3.63, 3.8) is 0 Å². The number of rotatable bonds is 4. The zero-order chi connectivity index (χ0) is 15.2. The van der Waals surface area contributed by atoms with Gasteiger partial charge in [0.2, 0.25) is 5.91 Å². The molecule has 0 atom stereocenters. The molecule has 0 spiro atoms. The Labute approximate surface area is 125 Å². The number of hydrogen-bond donors (Lipinski definition) is 0. The van der Waals surface area contributed by atoms with E-state index in [0.717, 1.165) is 5.56 Å². The number of methoxy groups -OCH3 is 1. The van der Waals surface area contributed by atoms with Crippen LogP contribution < -0.4 is 0 Å². The third-order valence-corrected chi connectivity index (χ3v) is 3.70. The average molecular weight is 290 g/mol. The first-order valence-corrected chi connectivity index (χ1v) is 7.24. The molecule has 0 bridgehead atoms. The van der Waals surface area contributed by atoms with Gasteiger partial charge in [0.1, 0.15) is 0 Å². The normalized spacial score (nSPS) is 15.1. The van der Waals surface area contributed by atoms with Crippen LogP contribution in [0.15, 0.2) is 24.3 Å². The SMILES string of the molecule is COCCC(=O)N1CCN(C(=O)c2cccc(C)c2)CC1. The van der Waals surface area contributed by atoms with Crippen molar-refractivity contribution in [2.75, 3.05) is 39.9 Å². The maximum atomic E-state index is 12.4. The first-order valence-electron chi connectivity index (χ1n) is 7.24. The summed E-state index contributed by atoms with van der Waals surface area (Å²) in [7, 11) is 1.59. The maximum absolute atomic E-state index is 12.4. The molecule has 0 radical (unpaired) electrons. The van der Waals surface area contributed by atoms with Gasteiger partial charge in [0, 0.05) is 38.9 Å². The highest BCUT2D eigenvalue weighted by Crippen LogP contribution is 2.11. The van der Waals surface area contributed by atoms with Gasteiger partial charge >= 0.3 is 0 Å². The van der Waals surface area contributed by atoms with Crippen molar-refractivity contribution in [1.29, 1.82) is 0 Å². The van der Waals surface area contributed by atoms with Crippen LogP contribution in [0.4, 0.5) is 0 Å². The summed E-state index contributed by atoms with van der Waals surface area (Å²) in [6, 6.07) is 7.61. The number of carbonyl (C=O) groups is 2. The molecule has 5 heteroatoms. The van der Waals surface area contributed by atoms with Gasteiger partial charge in [-0.25, -0.2) is 0 Å². The zero-order valence-corrected chi connectivity index (χ0v) is 12.7. The van der Waals surface area contributed by atoms with Crippen LogP contribution in [0.5, 0.6) is 0 Å². The summed E-state index contributed by atoms with van der Waals surface area (Å²) in [5.74, 6) is 0.141. The first kappa shape index (κ1) is 15.5. The predicted molar refractivity (Wildman–Crippen MR) is 80.2 cm³/mol. The van der Waals surface area contributed by atoms with Crippen LogP contribution in [0.3, 0.4) is 0 Å². The number of benzene rings is 1. The van der Waals surface area contributed by atoms with Gasteiger partial charge in [0.25, 0.3) is 5.91 Å². The van der Waals surface area contributed by atoms with Gasteiger partial charge in [-0.3, -0.25) is 9.59 Å². The van der Waals surface area contributed by atoms with Gasteiger partial charge in [-0.15, -0.1) is 0 Å². The molecule has 0 N–H and O–H groups in total. The molecular weight excluding hydrogens is 268 g/mol. The lowest BCUT2D eigenvalue weighted by molar-refractivity contribution is -0.133. The third kappa shape index (κ3) is 4.04. The van der Waals surface area contributed by atoms with E-state index in [1.54, 1.807) is 12.0 Å². The van der Waals surface area contributed by atoms with Gasteiger partial charge < -0.3 is 14.5 Å². The monoisotopic (exact) mass is 290 g/mol. The van der Waals surface area contributed by atoms with Crippen molar-refractivity contribution in [2.45, 2.75) is 13.3 Å². The molecule has 0 aromatic heterocycles. The Bertz CT molecular complexity index is 508. The molecule has 2 rings (SSSR count). The Morgan fingerprint density at radius 1 is 1.14 bits per heavy atom. The molecule has 2 amide bonds. The fourth-order valence-electron chi connectivity index (χ4n) is 2.47. The summed E-state index contributed by atoms with van der Waals surface area (Å²) in [5, 5.41) is 0. The highest BCUT2D eigenvalue weighted by atomic mass is 16.5. The lowest BCUT2D eigenvalue weighted by Gasteiger charge is -2.35. The Hall–Kier alpha value is -1.88. The third-order valence-electron chi connectivity index (χ3n) is 3.70. The number of piperazine rings is 1. The summed E-state index contributed by atoms with van der Waals surface area (Å²) in [5.41, 5.74) is 1.79. The smallest absolute Gasteiger partial charge is 0.253 e. The van der Waals surface area contributed by atoms with Crippen molar-refractivity contribution >= 4 is 11.8 Å². The molecule has 0 unspecified atom stereocenters. The van der Waals surface area contributed by atoms with Gasteiger partial charge in [-0.2, -0.15) is 0 Å². The van der Waals surface area contributed by atoms with Crippen LogP contribution in [-0.2, 0) is 9.53 Å². The predicted octanol–water partition coefficient (Wildman–Crippen LogP) is 1.32. The van der Waals surface area contributed by atoms with E-state index in [2.05, 4.69) is 0 Å². The summed E-state index contributed by atoms with van der Waals surface area (Å²) in [6.07, 6.45) is 0.405. The number of amides is 2. The summed E-state index contributed by atoms with van der Waals surface area (Å²) >= 11 is 0. The minimum Gasteiger partial charge on any atom is -0.384 e. The molecular formula is C16H22N2O3. The van der Waals surface area contributed by atoms with Gasteiger partial charge in [0.15, 0.2) is 0 Å². The van der Waals surface area contributed by atoms with E-state index in [-0.39, 0.29) is 11.8 Å². The first-order chi connectivity index (χ1) is 10.1. The quantitative estimate of drug-likeness (QED) is 0.840. The van der Waals surface area contributed by atoms with Crippen molar-refractivity contribution < 1.29 is 14.3 Å². The summed E-state index contributed by atoms with van der Waals surface area (Å²) in [6.45, 7) is 4.79. The fourth-order valence-corrected chi connectivity index (χ4v) is 2.47. The molecule has 0 saturated carbocycles. The van der Waals surface area contributed by atoms with E-state index >= 15 is 0 Å². The van der Waals surface area contributed by atoms with E-state index in [4.69, 9.17) is 4.74 Å². The highest BCUT2D eigenvalue weighted by molar-refractivity contribution is 5.94. The number of hydrogen-bond acceptors (Lipinski definition) is 3. The van der Waals surface area contributed by atoms with Crippen molar-refractivity contribution in [3.05, 3.63) is 35.4 Å². The lowest BCUT2D eigenvalue weighted by Crippen LogP contribution is -2.50. The van der Waals surface area contributed by atoms with Crippen LogP contribution in [-0.4, -0.2) is 61.5 Å². The Kier molecular flexibility index (Phi) is 5.33. The molecule has 1 heterocycles. The molecule has 1 fully saturated rings. The summed E-state index contributed by atoms with van der Waals surface area (Å²) < 4.78 is 4.92. The average Bonchev–Trinajstić information content (AvgIpc) is 2.52. The largest absolute Gasteiger partial charge is 0.384 e. The highest BCUT2D eigenvalue weighted by Gasteiger charge is 2.24. The van der Waals surface area contributed by atoms with E-state index in [9.17, 15) is 9.59 Å². The number of nitrogens with zero attached hydrogens (tertiary/aromatic N) is 2. The van der Waals surface area contributed by atoms with Gasteiger partial charge in [0.05, 0.1) is 13.0 Å². The number of aryl methyl sites for hydroxylation is 1. The minimum atomic E-state index is 0.0442. The van der Waals surface area contributed by atoms with Gasteiger partial charge in [-0.1, -0.05) is 17.7 Å². The molecule has 5 nitrogen and oxygen atoms in total. The van der Waals surface area contributed by atoms with Crippen molar-refractivity contribution in [1.82, 2.24) is 9.80 Å². The second-order valence-corrected chi connectivity index (χ2v) is 5.29. The molecule has 114 valence electrons. The van der Waals surface area contributed by atoms with Crippen LogP contribution in [0, 0.1) is 6.92 Å². The van der Waals surface area contributed by atoms with Crippen molar-refractivity contribution in [2.24, 2.45) is 0 Å². The summed E-state index contributed by atoms with van der Waals surface area (Å²) in [4.78, 5) is 27.9. The Balaban J connectivity index is 1.89. The topological polar surface area (TPSA) is 49.9 Å². The van der Waals surface area contributed by atoms with E-state index < -0.39 is 0 Å². The molecule has 1 aromatic rings. The van der Waals surface area contributed by atoms with E-state index in [0.29, 0.717) is 44.8 Å². The zero-order valence-electron chi connectivity index (χ0n) is 12.7. The van der Waals surface area contributed by atoms with E-state index in [1.807, 2.05) is 36.1 Å². The van der Waals surface area contributed by atoms with Crippen LogP contribution in [0.25, 0.3) is 0 Å². The number of carbonyl (C=O) groups excluding carboxylic acids is 2. The molecule has 1 aliphatic heterocycles. The van der Waals surface area contributed by atoms with Crippen LogP contribution in [0.1, 0.15) is 22.3 Å². The van der Waals surface area contributed by atoms with Crippen LogP contribution >= 0.6 is 0 Å². The lowest BCUT2D eigenvalue weighted by atomic mass is 10.1. The second-order valence-electron chi connectivity index (χ2n) is 5.29. The molecule has 21 heavy (non-hydrogen) atoms. The molecule has 0 aliphatic carbocycles. The molecule has 1 aromatic carbocycles. The van der Waals surface area contributed by atoms with Gasteiger partial charge in [-0.05, 0) is 19.1 Å². The second kappa shape index (κ2) is 7.22. The molecule has 1 aliphatic rings. The number of ether oxygens (including phenoxy) is 1. The fraction of sp³-hybridized carbons (Fsp3) is 0.500. The Morgan fingerprint density at radius 2 is 1.81 bits per heavy atom. The standard InChI is InChI=1S/C16H22N2O3/c1-13-4-3-5-14(12-13)16(20)18-9-7-17(8-10-18)15(19)6-11-21-2/h3-5,12H,6-11H2,1-2H3. The maximum Gasteiger partial charge on any atom is 0.253 e. The van der Waals surface area contributed by atoms with Crippen LogP contribution in [0.2, 0.25) is 0 Å². The minimum absolute atomic E-state index is 0.0442.